The molecule has 1 unspecified atom stereocenters. The van der Waals surface area contributed by atoms with Crippen LogP contribution in [0.15, 0.2) is 24.3 Å². The third-order valence-electron chi connectivity index (χ3n) is 2.64. The monoisotopic (exact) mass is 267 g/mol. The number of rotatable bonds is 9. The zero-order chi connectivity index (χ0) is 13.9. The SMILES string of the molecule is CCCCCCCC(S)(C=CC#N)C=CC(=O)O. The van der Waals surface area contributed by atoms with Crippen LogP contribution in [-0.2, 0) is 4.79 Å². The molecule has 0 radical (unpaired) electrons. The summed E-state index contributed by atoms with van der Waals surface area (Å²) >= 11 is 4.46. The first kappa shape index (κ1) is 16.8. The number of allylic oxidation sites excluding steroid dienone is 1. The molecule has 1 N–H and O–H groups in total. The number of hydrogen-bond acceptors (Lipinski definition) is 3. The molecule has 100 valence electrons. The number of carboxylic acids is 1. The molecule has 0 spiro atoms. The fourth-order valence-electron chi connectivity index (χ4n) is 1.63. The van der Waals surface area contributed by atoms with Crippen LogP contribution in [0.4, 0.5) is 0 Å². The fraction of sp³-hybridized carbons (Fsp3) is 0.571. The summed E-state index contributed by atoms with van der Waals surface area (Å²) in [5.74, 6) is -0.996. The molecule has 1 atom stereocenters. The Morgan fingerprint density at radius 2 is 2.00 bits per heavy atom. The van der Waals surface area contributed by atoms with Crippen molar-refractivity contribution in [2.75, 3.05) is 0 Å². The molecular formula is C14H21NO2S. The van der Waals surface area contributed by atoms with Gasteiger partial charge in [-0.3, -0.25) is 0 Å². The topological polar surface area (TPSA) is 61.1 Å². The van der Waals surface area contributed by atoms with Gasteiger partial charge in [0.15, 0.2) is 0 Å². The van der Waals surface area contributed by atoms with E-state index in [-0.39, 0.29) is 0 Å². The summed E-state index contributed by atoms with van der Waals surface area (Å²) in [4.78, 5) is 10.5. The highest BCUT2D eigenvalue weighted by atomic mass is 32.1. The minimum atomic E-state index is -0.996. The van der Waals surface area contributed by atoms with Crippen molar-refractivity contribution in [3.05, 3.63) is 24.3 Å². The highest BCUT2D eigenvalue weighted by Crippen LogP contribution is 2.26. The molecule has 0 saturated carbocycles. The molecule has 0 aliphatic heterocycles. The minimum absolute atomic E-state index is 0.639. The first-order valence-corrected chi connectivity index (χ1v) is 6.70. The van der Waals surface area contributed by atoms with Gasteiger partial charge in [0.2, 0.25) is 0 Å². The van der Waals surface area contributed by atoms with Crippen molar-refractivity contribution >= 4 is 18.6 Å². The average Bonchev–Trinajstić information content (AvgIpc) is 2.34. The van der Waals surface area contributed by atoms with Crippen molar-refractivity contribution in [2.24, 2.45) is 0 Å². The molecule has 0 rings (SSSR count). The van der Waals surface area contributed by atoms with Crippen LogP contribution in [0.3, 0.4) is 0 Å². The predicted molar refractivity (Wildman–Crippen MR) is 76.6 cm³/mol. The first-order valence-electron chi connectivity index (χ1n) is 6.26. The standard InChI is InChI=1S/C14H21NO2S/c1-2-3-4-5-6-9-14(18,10-7-12-15)11-8-13(16)17/h7-8,10-11,18H,2-6,9H2,1H3,(H,16,17). The van der Waals surface area contributed by atoms with Gasteiger partial charge < -0.3 is 5.11 Å². The quantitative estimate of drug-likeness (QED) is 0.289. The Balaban J connectivity index is 4.35. The highest BCUT2D eigenvalue weighted by Gasteiger charge is 2.18. The number of nitriles is 1. The van der Waals surface area contributed by atoms with Crippen LogP contribution in [0.1, 0.15) is 45.4 Å². The van der Waals surface area contributed by atoms with Gasteiger partial charge in [0.1, 0.15) is 0 Å². The highest BCUT2D eigenvalue weighted by molar-refractivity contribution is 7.82. The third kappa shape index (κ3) is 8.89. The molecule has 0 saturated heterocycles. The van der Waals surface area contributed by atoms with Gasteiger partial charge in [-0.15, -0.1) is 0 Å². The number of nitrogens with zero attached hydrogens (tertiary/aromatic N) is 1. The Bertz CT molecular complexity index is 344. The van der Waals surface area contributed by atoms with Crippen molar-refractivity contribution in [3.63, 3.8) is 0 Å². The lowest BCUT2D eigenvalue weighted by molar-refractivity contribution is -0.131. The summed E-state index contributed by atoms with van der Waals surface area (Å²) in [5.41, 5.74) is 0. The Morgan fingerprint density at radius 3 is 2.56 bits per heavy atom. The van der Waals surface area contributed by atoms with E-state index in [1.165, 1.54) is 31.4 Å². The number of carbonyl (C=O) groups is 1. The average molecular weight is 267 g/mol. The van der Waals surface area contributed by atoms with Crippen LogP contribution < -0.4 is 0 Å². The van der Waals surface area contributed by atoms with E-state index in [1.54, 1.807) is 6.08 Å². The van der Waals surface area contributed by atoms with E-state index >= 15 is 0 Å². The van der Waals surface area contributed by atoms with Gasteiger partial charge >= 0.3 is 5.97 Å². The van der Waals surface area contributed by atoms with Gasteiger partial charge in [0, 0.05) is 12.2 Å². The Kier molecular flexibility index (Phi) is 9.13. The summed E-state index contributed by atoms with van der Waals surface area (Å²) in [6.45, 7) is 2.16. The second kappa shape index (κ2) is 9.78. The number of thiol groups is 1. The first-order chi connectivity index (χ1) is 8.54. The smallest absolute Gasteiger partial charge is 0.328 e. The van der Waals surface area contributed by atoms with Crippen molar-refractivity contribution < 1.29 is 9.90 Å². The Hall–Kier alpha value is -1.21. The summed E-state index contributed by atoms with van der Waals surface area (Å²) in [6, 6.07) is 1.91. The maximum Gasteiger partial charge on any atom is 0.328 e. The summed E-state index contributed by atoms with van der Waals surface area (Å²) in [7, 11) is 0. The molecule has 18 heavy (non-hydrogen) atoms. The van der Waals surface area contributed by atoms with E-state index in [4.69, 9.17) is 10.4 Å². The number of unbranched alkanes of at least 4 members (excludes halogenated alkanes) is 4. The van der Waals surface area contributed by atoms with Gasteiger partial charge in [0.05, 0.1) is 10.8 Å². The lowest BCUT2D eigenvalue weighted by Crippen LogP contribution is -2.15. The summed E-state index contributed by atoms with van der Waals surface area (Å²) < 4.78 is -0.639. The molecule has 0 aromatic carbocycles. The second-order valence-corrected chi connectivity index (χ2v) is 5.12. The van der Waals surface area contributed by atoms with Gasteiger partial charge in [-0.1, -0.05) is 51.2 Å². The Morgan fingerprint density at radius 1 is 1.33 bits per heavy atom. The number of aliphatic carboxylic acids is 1. The maximum atomic E-state index is 10.5. The zero-order valence-electron chi connectivity index (χ0n) is 10.8. The molecule has 0 heterocycles. The van der Waals surface area contributed by atoms with Crippen molar-refractivity contribution in [1.82, 2.24) is 0 Å². The van der Waals surface area contributed by atoms with E-state index in [0.717, 1.165) is 25.3 Å². The maximum absolute atomic E-state index is 10.5. The van der Waals surface area contributed by atoms with E-state index < -0.39 is 10.7 Å². The molecule has 0 bridgehead atoms. The van der Waals surface area contributed by atoms with E-state index in [2.05, 4.69) is 19.6 Å². The number of carboxylic acid groups (broad SMARTS) is 1. The molecule has 3 nitrogen and oxygen atoms in total. The molecule has 0 aromatic heterocycles. The van der Waals surface area contributed by atoms with Crippen molar-refractivity contribution in [3.8, 4) is 6.07 Å². The molecule has 0 aromatic rings. The van der Waals surface area contributed by atoms with Gasteiger partial charge in [-0.05, 0) is 6.42 Å². The zero-order valence-corrected chi connectivity index (χ0v) is 11.7. The van der Waals surface area contributed by atoms with Crippen LogP contribution >= 0.6 is 12.6 Å². The summed E-state index contributed by atoms with van der Waals surface area (Å²) in [6.07, 6.45) is 12.0. The van der Waals surface area contributed by atoms with Crippen LogP contribution in [-0.4, -0.2) is 15.8 Å². The fourth-order valence-corrected chi connectivity index (χ4v) is 1.94. The predicted octanol–water partition coefficient (Wildman–Crippen LogP) is 3.74. The molecule has 0 aliphatic carbocycles. The van der Waals surface area contributed by atoms with Gasteiger partial charge in [-0.2, -0.15) is 17.9 Å². The minimum Gasteiger partial charge on any atom is -0.478 e. The molecule has 0 aliphatic rings. The number of hydrogen-bond donors (Lipinski definition) is 2. The van der Waals surface area contributed by atoms with Crippen LogP contribution in [0.5, 0.6) is 0 Å². The Labute approximate surface area is 115 Å². The second-order valence-electron chi connectivity index (χ2n) is 4.29. The van der Waals surface area contributed by atoms with E-state index in [1.807, 2.05) is 6.07 Å². The molecular weight excluding hydrogens is 246 g/mol. The van der Waals surface area contributed by atoms with Crippen LogP contribution in [0.2, 0.25) is 0 Å². The summed E-state index contributed by atoms with van der Waals surface area (Å²) in [5, 5.41) is 17.2. The largest absolute Gasteiger partial charge is 0.478 e. The normalized spacial score (nSPS) is 14.7. The van der Waals surface area contributed by atoms with E-state index in [9.17, 15) is 4.79 Å². The lowest BCUT2D eigenvalue weighted by atomic mass is 9.98. The molecule has 0 amide bonds. The van der Waals surface area contributed by atoms with Crippen molar-refractivity contribution in [1.29, 1.82) is 5.26 Å². The van der Waals surface area contributed by atoms with Gasteiger partial charge in [0.25, 0.3) is 0 Å². The van der Waals surface area contributed by atoms with Crippen LogP contribution in [0.25, 0.3) is 0 Å². The van der Waals surface area contributed by atoms with E-state index in [0.29, 0.717) is 0 Å². The van der Waals surface area contributed by atoms with Crippen LogP contribution in [0, 0.1) is 11.3 Å². The van der Waals surface area contributed by atoms with Crippen molar-refractivity contribution in [2.45, 2.75) is 50.2 Å². The lowest BCUT2D eigenvalue weighted by Gasteiger charge is -2.20. The third-order valence-corrected chi connectivity index (χ3v) is 3.16. The molecule has 4 heteroatoms. The van der Waals surface area contributed by atoms with Gasteiger partial charge in [-0.25, -0.2) is 4.79 Å². The molecule has 0 fully saturated rings.